The van der Waals surface area contributed by atoms with Gasteiger partial charge in [-0.2, -0.15) is 0 Å². The minimum Gasteiger partial charge on any atom is -0.481 e. The Bertz CT molecular complexity index is 449. The Labute approximate surface area is 87.7 Å². The molecular formula is C11H14N2O2. The van der Waals surface area contributed by atoms with Gasteiger partial charge >= 0.3 is 5.97 Å². The van der Waals surface area contributed by atoms with Crippen molar-refractivity contribution in [3.63, 3.8) is 0 Å². The van der Waals surface area contributed by atoms with E-state index in [0.29, 0.717) is 0 Å². The van der Waals surface area contributed by atoms with E-state index in [0.717, 1.165) is 11.2 Å². The molecule has 0 aliphatic carbocycles. The molecule has 0 unspecified atom stereocenters. The Hall–Kier alpha value is -1.97. The van der Waals surface area contributed by atoms with Crippen molar-refractivity contribution in [3.8, 4) is 0 Å². The standard InChI is InChI=1S/C8H8N2.C3H6O2/c9-7-2-1-6-3-4-10-8(6)5-7;1-2-3(4)5/h1-5,10H,9H2;2H2,1H3,(H,4,5). The highest BCUT2D eigenvalue weighted by atomic mass is 16.4. The average Bonchev–Trinajstić information content (AvgIpc) is 2.65. The maximum Gasteiger partial charge on any atom is 0.303 e. The van der Waals surface area contributed by atoms with E-state index in [1.54, 1.807) is 6.92 Å². The summed E-state index contributed by atoms with van der Waals surface area (Å²) in [5, 5.41) is 8.93. The summed E-state index contributed by atoms with van der Waals surface area (Å²) in [7, 11) is 0. The SMILES string of the molecule is CCC(=O)O.Nc1ccc2cc[nH]c2c1. The summed E-state index contributed by atoms with van der Waals surface area (Å²) < 4.78 is 0. The van der Waals surface area contributed by atoms with E-state index >= 15 is 0 Å². The van der Waals surface area contributed by atoms with Crippen LogP contribution in [-0.2, 0) is 4.79 Å². The van der Waals surface area contributed by atoms with Crippen molar-refractivity contribution >= 4 is 22.6 Å². The van der Waals surface area contributed by atoms with Crippen LogP contribution in [0.15, 0.2) is 30.5 Å². The summed E-state index contributed by atoms with van der Waals surface area (Å²) in [5.74, 6) is -0.745. The normalized spacial score (nSPS) is 9.40. The summed E-state index contributed by atoms with van der Waals surface area (Å²) >= 11 is 0. The van der Waals surface area contributed by atoms with Crippen molar-refractivity contribution in [1.82, 2.24) is 4.98 Å². The molecule has 1 heterocycles. The number of hydrogen-bond donors (Lipinski definition) is 3. The van der Waals surface area contributed by atoms with Crippen LogP contribution in [0.3, 0.4) is 0 Å². The number of aromatic nitrogens is 1. The largest absolute Gasteiger partial charge is 0.481 e. The van der Waals surface area contributed by atoms with Crippen molar-refractivity contribution in [2.45, 2.75) is 13.3 Å². The van der Waals surface area contributed by atoms with E-state index < -0.39 is 5.97 Å². The summed E-state index contributed by atoms with van der Waals surface area (Å²) in [6.07, 6.45) is 2.13. The van der Waals surface area contributed by atoms with Crippen molar-refractivity contribution < 1.29 is 9.90 Å². The number of nitrogens with one attached hydrogen (secondary N) is 1. The molecule has 0 aliphatic heterocycles. The molecule has 0 aliphatic rings. The topological polar surface area (TPSA) is 79.1 Å². The van der Waals surface area contributed by atoms with Gasteiger partial charge in [0.2, 0.25) is 0 Å². The van der Waals surface area contributed by atoms with Gasteiger partial charge in [0.25, 0.3) is 0 Å². The van der Waals surface area contributed by atoms with Crippen molar-refractivity contribution in [1.29, 1.82) is 0 Å². The molecule has 4 heteroatoms. The summed E-state index contributed by atoms with van der Waals surface area (Å²) in [6, 6.07) is 7.85. The molecule has 0 atom stereocenters. The number of aromatic amines is 1. The first-order chi connectivity index (χ1) is 7.13. The van der Waals surface area contributed by atoms with Gasteiger partial charge in [-0.25, -0.2) is 0 Å². The molecule has 2 aromatic rings. The average molecular weight is 206 g/mol. The minimum absolute atomic E-state index is 0.222. The Morgan fingerprint density at radius 1 is 1.47 bits per heavy atom. The molecule has 80 valence electrons. The van der Waals surface area contributed by atoms with Crippen molar-refractivity contribution in [3.05, 3.63) is 30.5 Å². The highest BCUT2D eigenvalue weighted by Crippen LogP contribution is 2.14. The van der Waals surface area contributed by atoms with Crippen LogP contribution in [0.25, 0.3) is 10.9 Å². The molecule has 0 saturated carbocycles. The fourth-order valence-corrected chi connectivity index (χ4v) is 1.07. The maximum absolute atomic E-state index is 9.37. The molecule has 0 spiro atoms. The van der Waals surface area contributed by atoms with E-state index in [1.165, 1.54) is 5.39 Å². The number of rotatable bonds is 1. The van der Waals surface area contributed by atoms with Crippen LogP contribution in [0.1, 0.15) is 13.3 Å². The van der Waals surface area contributed by atoms with Gasteiger partial charge in [-0.1, -0.05) is 13.0 Å². The monoisotopic (exact) mass is 206 g/mol. The smallest absolute Gasteiger partial charge is 0.303 e. The first kappa shape index (κ1) is 11.1. The van der Waals surface area contributed by atoms with Crippen LogP contribution < -0.4 is 5.73 Å². The number of hydrogen-bond acceptors (Lipinski definition) is 2. The van der Waals surface area contributed by atoms with Gasteiger partial charge < -0.3 is 15.8 Å². The molecule has 15 heavy (non-hydrogen) atoms. The van der Waals surface area contributed by atoms with Gasteiger partial charge in [0.1, 0.15) is 0 Å². The molecule has 0 fully saturated rings. The Morgan fingerprint density at radius 3 is 2.73 bits per heavy atom. The van der Waals surface area contributed by atoms with Gasteiger partial charge in [0.05, 0.1) is 0 Å². The number of carboxylic acid groups (broad SMARTS) is 1. The van der Waals surface area contributed by atoms with Crippen LogP contribution in [0.5, 0.6) is 0 Å². The fourth-order valence-electron chi connectivity index (χ4n) is 1.07. The van der Waals surface area contributed by atoms with E-state index in [-0.39, 0.29) is 6.42 Å². The molecule has 1 aromatic carbocycles. The molecule has 1 aromatic heterocycles. The van der Waals surface area contributed by atoms with Gasteiger partial charge in [0.15, 0.2) is 0 Å². The second kappa shape index (κ2) is 5.05. The first-order valence-electron chi connectivity index (χ1n) is 4.68. The van der Waals surface area contributed by atoms with E-state index in [1.807, 2.05) is 30.5 Å². The van der Waals surface area contributed by atoms with E-state index in [2.05, 4.69) is 4.98 Å². The summed E-state index contributed by atoms with van der Waals surface area (Å²) in [4.78, 5) is 12.4. The fraction of sp³-hybridized carbons (Fsp3) is 0.182. The van der Waals surface area contributed by atoms with Gasteiger partial charge in [-0.05, 0) is 23.6 Å². The van der Waals surface area contributed by atoms with Crippen LogP contribution in [0, 0.1) is 0 Å². The lowest BCUT2D eigenvalue weighted by atomic mass is 10.2. The third kappa shape index (κ3) is 3.34. The van der Waals surface area contributed by atoms with Crippen molar-refractivity contribution in [2.24, 2.45) is 0 Å². The number of fused-ring (bicyclic) bond motifs is 1. The molecule has 4 nitrogen and oxygen atoms in total. The number of carboxylic acids is 1. The van der Waals surface area contributed by atoms with Gasteiger partial charge in [-0.15, -0.1) is 0 Å². The van der Waals surface area contributed by atoms with Crippen LogP contribution in [0.4, 0.5) is 5.69 Å². The number of aliphatic carboxylic acids is 1. The van der Waals surface area contributed by atoms with E-state index in [9.17, 15) is 4.79 Å². The zero-order chi connectivity index (χ0) is 11.3. The molecule has 0 amide bonds. The molecule has 4 N–H and O–H groups in total. The third-order valence-corrected chi connectivity index (χ3v) is 1.88. The number of H-pyrrole nitrogens is 1. The first-order valence-corrected chi connectivity index (χ1v) is 4.68. The molecule has 0 bridgehead atoms. The molecule has 0 radical (unpaired) electrons. The summed E-state index contributed by atoms with van der Waals surface area (Å²) in [5.41, 5.74) is 7.46. The Kier molecular flexibility index (Phi) is 3.74. The number of carbonyl (C=O) groups is 1. The quantitative estimate of drug-likeness (QED) is 0.626. The highest BCUT2D eigenvalue weighted by molar-refractivity contribution is 5.82. The number of anilines is 1. The van der Waals surface area contributed by atoms with Crippen LogP contribution in [0.2, 0.25) is 0 Å². The van der Waals surface area contributed by atoms with Gasteiger partial charge in [-0.3, -0.25) is 4.79 Å². The lowest BCUT2D eigenvalue weighted by Crippen LogP contribution is -1.86. The van der Waals surface area contributed by atoms with Crippen LogP contribution in [-0.4, -0.2) is 16.1 Å². The summed E-state index contributed by atoms with van der Waals surface area (Å²) in [6.45, 7) is 1.60. The number of nitrogen functional groups attached to an aromatic ring is 1. The second-order valence-electron chi connectivity index (χ2n) is 3.07. The predicted molar refractivity (Wildman–Crippen MR) is 60.6 cm³/mol. The zero-order valence-electron chi connectivity index (χ0n) is 8.53. The Balaban J connectivity index is 0.000000195. The lowest BCUT2D eigenvalue weighted by molar-refractivity contribution is -0.136. The molecule has 2 rings (SSSR count). The van der Waals surface area contributed by atoms with Crippen molar-refractivity contribution in [2.75, 3.05) is 5.73 Å². The third-order valence-electron chi connectivity index (χ3n) is 1.88. The van der Waals surface area contributed by atoms with Crippen LogP contribution >= 0.6 is 0 Å². The molecular weight excluding hydrogens is 192 g/mol. The highest BCUT2D eigenvalue weighted by Gasteiger charge is 1.91. The number of benzene rings is 1. The predicted octanol–water partition coefficient (Wildman–Crippen LogP) is 2.23. The van der Waals surface area contributed by atoms with E-state index in [4.69, 9.17) is 10.8 Å². The minimum atomic E-state index is -0.745. The molecule has 0 saturated heterocycles. The maximum atomic E-state index is 9.37. The lowest BCUT2D eigenvalue weighted by Gasteiger charge is -1.90. The zero-order valence-corrected chi connectivity index (χ0v) is 8.53. The number of nitrogens with two attached hydrogens (primary N) is 1. The Morgan fingerprint density at radius 2 is 2.13 bits per heavy atom. The van der Waals surface area contributed by atoms with Gasteiger partial charge in [0, 0.05) is 23.8 Å². The second-order valence-corrected chi connectivity index (χ2v) is 3.07.